The zero-order valence-electron chi connectivity index (χ0n) is 13.9. The van der Waals surface area contributed by atoms with Crippen LogP contribution >= 0.6 is 0 Å². The number of hydrogen-bond acceptors (Lipinski definition) is 3. The van der Waals surface area contributed by atoms with Crippen LogP contribution in [0.25, 0.3) is 0 Å². The van der Waals surface area contributed by atoms with E-state index in [4.69, 9.17) is 4.74 Å². The summed E-state index contributed by atoms with van der Waals surface area (Å²) in [4.78, 5) is 26.5. The minimum Gasteiger partial charge on any atom is -0.497 e. The summed E-state index contributed by atoms with van der Waals surface area (Å²) in [6.07, 6.45) is 4.68. The Morgan fingerprint density at radius 3 is 2.88 bits per heavy atom. The molecule has 2 aromatic rings. The van der Waals surface area contributed by atoms with Gasteiger partial charge in [-0.3, -0.25) is 9.59 Å². The summed E-state index contributed by atoms with van der Waals surface area (Å²) in [6, 6.07) is 12.9. The molecule has 1 amide bonds. The van der Waals surface area contributed by atoms with E-state index in [0.717, 1.165) is 37.1 Å². The van der Waals surface area contributed by atoms with Crippen LogP contribution in [0.1, 0.15) is 30.9 Å². The van der Waals surface area contributed by atoms with Crippen LogP contribution in [0.3, 0.4) is 0 Å². The molecule has 0 aliphatic carbocycles. The SMILES string of the molecule is COc1cccc([C@@H]2CCCCN2C(=O)Cn2ccccc2=O)c1. The second-order valence-corrected chi connectivity index (χ2v) is 6.04. The lowest BCUT2D eigenvalue weighted by Gasteiger charge is -2.36. The monoisotopic (exact) mass is 326 g/mol. The van der Waals surface area contributed by atoms with Gasteiger partial charge < -0.3 is 14.2 Å². The molecule has 1 aliphatic rings. The Morgan fingerprint density at radius 1 is 1.21 bits per heavy atom. The van der Waals surface area contributed by atoms with E-state index in [-0.39, 0.29) is 24.1 Å². The number of ether oxygens (including phenoxy) is 1. The molecule has 1 aromatic carbocycles. The van der Waals surface area contributed by atoms with Crippen molar-refractivity contribution in [3.05, 3.63) is 64.6 Å². The van der Waals surface area contributed by atoms with Crippen LogP contribution in [-0.2, 0) is 11.3 Å². The molecule has 1 saturated heterocycles. The van der Waals surface area contributed by atoms with Gasteiger partial charge in [0.2, 0.25) is 5.91 Å². The number of carbonyl (C=O) groups is 1. The molecule has 0 spiro atoms. The molecule has 1 atom stereocenters. The molecule has 126 valence electrons. The first-order valence-electron chi connectivity index (χ1n) is 8.28. The van der Waals surface area contributed by atoms with E-state index in [9.17, 15) is 9.59 Å². The number of hydrogen-bond donors (Lipinski definition) is 0. The van der Waals surface area contributed by atoms with Crippen LogP contribution in [0.4, 0.5) is 0 Å². The first kappa shape index (κ1) is 16.3. The minimum atomic E-state index is -0.152. The van der Waals surface area contributed by atoms with E-state index in [0.29, 0.717) is 0 Å². The largest absolute Gasteiger partial charge is 0.497 e. The maximum Gasteiger partial charge on any atom is 0.250 e. The van der Waals surface area contributed by atoms with Crippen molar-refractivity contribution in [2.24, 2.45) is 0 Å². The zero-order valence-corrected chi connectivity index (χ0v) is 13.9. The summed E-state index contributed by atoms with van der Waals surface area (Å²) >= 11 is 0. The molecule has 3 rings (SSSR count). The van der Waals surface area contributed by atoms with Crippen molar-refractivity contribution in [1.29, 1.82) is 0 Å². The highest BCUT2D eigenvalue weighted by molar-refractivity contribution is 5.76. The van der Waals surface area contributed by atoms with Crippen molar-refractivity contribution in [3.8, 4) is 5.75 Å². The van der Waals surface area contributed by atoms with Crippen molar-refractivity contribution in [1.82, 2.24) is 9.47 Å². The first-order chi connectivity index (χ1) is 11.7. The van der Waals surface area contributed by atoms with Crippen LogP contribution in [-0.4, -0.2) is 29.0 Å². The highest BCUT2D eigenvalue weighted by atomic mass is 16.5. The van der Waals surface area contributed by atoms with Gasteiger partial charge in [0.1, 0.15) is 12.3 Å². The summed E-state index contributed by atoms with van der Waals surface area (Å²) in [5.41, 5.74) is 0.934. The Bertz CT molecular complexity index is 769. The van der Waals surface area contributed by atoms with Gasteiger partial charge in [-0.2, -0.15) is 0 Å². The number of methoxy groups -OCH3 is 1. The standard InChI is InChI=1S/C19H22N2O3/c1-24-16-8-6-7-15(13-16)17-9-2-5-12-21(17)19(23)14-20-11-4-3-10-18(20)22/h3-4,6-8,10-11,13,17H,2,5,9,12,14H2,1H3/t17-/m0/s1. The summed E-state index contributed by atoms with van der Waals surface area (Å²) in [5.74, 6) is 0.778. The van der Waals surface area contributed by atoms with Crippen LogP contribution in [0.2, 0.25) is 0 Å². The number of likely N-dealkylation sites (tertiary alicyclic amines) is 1. The van der Waals surface area contributed by atoms with Gasteiger partial charge in [0, 0.05) is 18.8 Å². The van der Waals surface area contributed by atoms with Crippen LogP contribution in [0.15, 0.2) is 53.5 Å². The van der Waals surface area contributed by atoms with Crippen LogP contribution < -0.4 is 10.3 Å². The van der Waals surface area contributed by atoms with Gasteiger partial charge >= 0.3 is 0 Å². The number of pyridine rings is 1. The van der Waals surface area contributed by atoms with Gasteiger partial charge in [0.25, 0.3) is 5.56 Å². The van der Waals surface area contributed by atoms with Gasteiger partial charge in [-0.1, -0.05) is 18.2 Å². The Labute approximate surface area is 141 Å². The van der Waals surface area contributed by atoms with E-state index >= 15 is 0 Å². The highest BCUT2D eigenvalue weighted by Crippen LogP contribution is 2.32. The van der Waals surface area contributed by atoms with Gasteiger partial charge in [0.15, 0.2) is 0 Å². The number of carbonyl (C=O) groups excluding carboxylic acids is 1. The molecule has 1 fully saturated rings. The average molecular weight is 326 g/mol. The van der Waals surface area contributed by atoms with Crippen molar-refractivity contribution < 1.29 is 9.53 Å². The van der Waals surface area contributed by atoms with Crippen molar-refractivity contribution in [2.45, 2.75) is 31.8 Å². The second kappa shape index (κ2) is 7.34. The average Bonchev–Trinajstić information content (AvgIpc) is 2.63. The predicted octanol–water partition coefficient (Wildman–Crippen LogP) is 2.61. The summed E-state index contributed by atoms with van der Waals surface area (Å²) in [7, 11) is 1.64. The Kier molecular flexibility index (Phi) is 4.99. The van der Waals surface area contributed by atoms with E-state index in [1.165, 1.54) is 10.6 Å². The summed E-state index contributed by atoms with van der Waals surface area (Å²) < 4.78 is 6.76. The minimum absolute atomic E-state index is 0.0178. The fourth-order valence-electron chi connectivity index (χ4n) is 3.25. The molecule has 0 unspecified atom stereocenters. The van der Waals surface area contributed by atoms with E-state index < -0.39 is 0 Å². The Balaban J connectivity index is 1.82. The fraction of sp³-hybridized carbons (Fsp3) is 0.368. The van der Waals surface area contributed by atoms with Crippen molar-refractivity contribution in [2.75, 3.05) is 13.7 Å². The Hall–Kier alpha value is -2.56. The molecule has 0 radical (unpaired) electrons. The van der Waals surface area contributed by atoms with Gasteiger partial charge in [-0.25, -0.2) is 0 Å². The maximum absolute atomic E-state index is 12.8. The third-order valence-corrected chi connectivity index (χ3v) is 4.51. The smallest absolute Gasteiger partial charge is 0.250 e. The van der Waals surface area contributed by atoms with Gasteiger partial charge in [-0.15, -0.1) is 0 Å². The molecule has 0 N–H and O–H groups in total. The fourth-order valence-corrected chi connectivity index (χ4v) is 3.25. The van der Waals surface area contributed by atoms with Gasteiger partial charge in [-0.05, 0) is 43.0 Å². The molecular weight excluding hydrogens is 304 g/mol. The lowest BCUT2D eigenvalue weighted by Crippen LogP contribution is -2.41. The first-order valence-corrected chi connectivity index (χ1v) is 8.28. The maximum atomic E-state index is 12.8. The lowest BCUT2D eigenvalue weighted by molar-refractivity contribution is -0.135. The normalized spacial score (nSPS) is 17.5. The molecule has 0 saturated carbocycles. The van der Waals surface area contributed by atoms with Crippen LogP contribution in [0.5, 0.6) is 5.75 Å². The second-order valence-electron chi connectivity index (χ2n) is 6.04. The number of nitrogens with zero attached hydrogens (tertiary/aromatic N) is 2. The van der Waals surface area contributed by atoms with E-state index in [2.05, 4.69) is 0 Å². The molecule has 24 heavy (non-hydrogen) atoms. The molecule has 0 bridgehead atoms. The van der Waals surface area contributed by atoms with Crippen LogP contribution in [0, 0.1) is 0 Å². The molecule has 1 aromatic heterocycles. The summed E-state index contributed by atoms with van der Waals surface area (Å²) in [6.45, 7) is 0.808. The van der Waals surface area contributed by atoms with E-state index in [1.807, 2.05) is 29.2 Å². The number of piperidine rings is 1. The van der Waals surface area contributed by atoms with Crippen molar-refractivity contribution >= 4 is 5.91 Å². The zero-order chi connectivity index (χ0) is 16.9. The lowest BCUT2D eigenvalue weighted by atomic mass is 9.95. The molecule has 2 heterocycles. The predicted molar refractivity (Wildman–Crippen MR) is 92.0 cm³/mol. The number of rotatable bonds is 4. The number of benzene rings is 1. The molecule has 5 nitrogen and oxygen atoms in total. The quantitative estimate of drug-likeness (QED) is 0.868. The highest BCUT2D eigenvalue weighted by Gasteiger charge is 2.28. The number of amides is 1. The van der Waals surface area contributed by atoms with Gasteiger partial charge in [0.05, 0.1) is 13.2 Å². The van der Waals surface area contributed by atoms with Crippen molar-refractivity contribution in [3.63, 3.8) is 0 Å². The third kappa shape index (κ3) is 3.50. The topological polar surface area (TPSA) is 51.5 Å². The molecular formula is C19H22N2O3. The molecule has 5 heteroatoms. The number of aromatic nitrogens is 1. The molecule has 1 aliphatic heterocycles. The Morgan fingerprint density at radius 2 is 2.08 bits per heavy atom. The third-order valence-electron chi connectivity index (χ3n) is 4.51. The summed E-state index contributed by atoms with van der Waals surface area (Å²) in [5, 5.41) is 0. The van der Waals surface area contributed by atoms with E-state index in [1.54, 1.807) is 25.4 Å².